The SMILES string of the molecule is Cn1cnnc1[C@H]1CCCN(C(=O)CCc2nc(-c3ccccc3)no2)C1. The molecule has 1 atom stereocenters. The maximum atomic E-state index is 12.6. The van der Waals surface area contributed by atoms with Crippen LogP contribution in [0.2, 0.25) is 0 Å². The van der Waals surface area contributed by atoms with Crippen molar-refractivity contribution in [2.75, 3.05) is 13.1 Å². The molecule has 1 aliphatic rings. The summed E-state index contributed by atoms with van der Waals surface area (Å²) in [5.41, 5.74) is 0.904. The van der Waals surface area contributed by atoms with Gasteiger partial charge in [0.05, 0.1) is 0 Å². The predicted molar refractivity (Wildman–Crippen MR) is 97.6 cm³/mol. The highest BCUT2D eigenvalue weighted by Gasteiger charge is 2.27. The first kappa shape index (κ1) is 17.4. The van der Waals surface area contributed by atoms with Crippen molar-refractivity contribution < 1.29 is 9.32 Å². The number of carbonyl (C=O) groups is 1. The Morgan fingerprint density at radius 3 is 2.93 bits per heavy atom. The fraction of sp³-hybridized carbons (Fsp3) is 0.421. The van der Waals surface area contributed by atoms with Crippen LogP contribution in [0, 0.1) is 0 Å². The minimum atomic E-state index is 0.112. The molecule has 0 N–H and O–H groups in total. The van der Waals surface area contributed by atoms with Crippen LogP contribution in [0.1, 0.15) is 36.9 Å². The number of carbonyl (C=O) groups excluding carboxylic acids is 1. The van der Waals surface area contributed by atoms with Crippen LogP contribution in [0.4, 0.5) is 0 Å². The van der Waals surface area contributed by atoms with Crippen LogP contribution in [-0.2, 0) is 18.3 Å². The lowest BCUT2D eigenvalue weighted by Gasteiger charge is -2.32. The summed E-state index contributed by atoms with van der Waals surface area (Å²) < 4.78 is 7.23. The molecule has 0 bridgehead atoms. The second kappa shape index (κ2) is 7.69. The van der Waals surface area contributed by atoms with Gasteiger partial charge in [0.25, 0.3) is 0 Å². The molecule has 0 spiro atoms. The van der Waals surface area contributed by atoms with Crippen LogP contribution in [0.3, 0.4) is 0 Å². The number of rotatable bonds is 5. The monoisotopic (exact) mass is 366 g/mol. The molecule has 0 unspecified atom stereocenters. The summed E-state index contributed by atoms with van der Waals surface area (Å²) in [6.45, 7) is 1.47. The Morgan fingerprint density at radius 2 is 2.15 bits per heavy atom. The zero-order valence-corrected chi connectivity index (χ0v) is 15.3. The standard InChI is InChI=1S/C19H22N6O2/c1-24-13-20-22-19(24)15-8-5-11-25(12-15)17(26)10-9-16-21-18(23-27-16)14-6-3-2-4-7-14/h2-4,6-7,13,15H,5,8-12H2,1H3/t15-/m0/s1. The molecule has 1 aliphatic heterocycles. The Morgan fingerprint density at radius 1 is 1.30 bits per heavy atom. The number of nitrogens with zero attached hydrogens (tertiary/aromatic N) is 6. The van der Waals surface area contributed by atoms with Crippen molar-refractivity contribution in [3.63, 3.8) is 0 Å². The number of likely N-dealkylation sites (tertiary alicyclic amines) is 1. The van der Waals surface area contributed by atoms with Crippen molar-refractivity contribution >= 4 is 5.91 Å². The molecule has 3 aromatic rings. The second-order valence-corrected chi connectivity index (χ2v) is 6.86. The molecule has 0 aliphatic carbocycles. The second-order valence-electron chi connectivity index (χ2n) is 6.86. The van der Waals surface area contributed by atoms with E-state index >= 15 is 0 Å². The summed E-state index contributed by atoms with van der Waals surface area (Å²) in [5.74, 6) is 2.34. The number of hydrogen-bond acceptors (Lipinski definition) is 6. The number of amides is 1. The average Bonchev–Trinajstić information content (AvgIpc) is 3.36. The molecule has 2 aromatic heterocycles. The molecule has 4 rings (SSSR count). The summed E-state index contributed by atoms with van der Waals surface area (Å²) >= 11 is 0. The normalized spacial score (nSPS) is 17.2. The lowest BCUT2D eigenvalue weighted by molar-refractivity contribution is -0.132. The fourth-order valence-electron chi connectivity index (χ4n) is 3.51. The predicted octanol–water partition coefficient (Wildman–Crippen LogP) is 2.20. The molecule has 1 aromatic carbocycles. The van der Waals surface area contributed by atoms with Crippen LogP contribution in [0.15, 0.2) is 41.2 Å². The van der Waals surface area contributed by atoms with Gasteiger partial charge in [0.1, 0.15) is 12.2 Å². The average molecular weight is 366 g/mol. The van der Waals surface area contributed by atoms with Crippen LogP contribution in [-0.4, -0.2) is 48.8 Å². The van der Waals surface area contributed by atoms with E-state index in [9.17, 15) is 4.79 Å². The largest absolute Gasteiger partial charge is 0.342 e. The first-order valence-corrected chi connectivity index (χ1v) is 9.20. The van der Waals surface area contributed by atoms with E-state index in [2.05, 4.69) is 20.3 Å². The van der Waals surface area contributed by atoms with Gasteiger partial charge in [0.15, 0.2) is 0 Å². The molecule has 0 radical (unpaired) electrons. The molecule has 3 heterocycles. The van der Waals surface area contributed by atoms with Gasteiger partial charge in [-0.1, -0.05) is 35.5 Å². The summed E-state index contributed by atoms with van der Waals surface area (Å²) in [6.07, 6.45) is 4.52. The highest BCUT2D eigenvalue weighted by Crippen LogP contribution is 2.25. The first-order valence-electron chi connectivity index (χ1n) is 9.20. The highest BCUT2D eigenvalue weighted by atomic mass is 16.5. The van der Waals surface area contributed by atoms with E-state index in [0.717, 1.165) is 30.8 Å². The molecule has 1 fully saturated rings. The van der Waals surface area contributed by atoms with Crippen molar-refractivity contribution in [2.24, 2.45) is 7.05 Å². The minimum absolute atomic E-state index is 0.112. The van der Waals surface area contributed by atoms with Crippen molar-refractivity contribution in [3.05, 3.63) is 48.4 Å². The van der Waals surface area contributed by atoms with Gasteiger partial charge in [0, 0.05) is 44.5 Å². The van der Waals surface area contributed by atoms with E-state index in [1.807, 2.05) is 46.8 Å². The Labute approximate surface area is 157 Å². The van der Waals surface area contributed by atoms with E-state index in [1.165, 1.54) is 0 Å². The van der Waals surface area contributed by atoms with Crippen LogP contribution < -0.4 is 0 Å². The van der Waals surface area contributed by atoms with Gasteiger partial charge >= 0.3 is 0 Å². The molecule has 1 saturated heterocycles. The lowest BCUT2D eigenvalue weighted by Crippen LogP contribution is -2.39. The number of hydrogen-bond donors (Lipinski definition) is 0. The fourth-order valence-corrected chi connectivity index (χ4v) is 3.51. The number of benzene rings is 1. The summed E-state index contributed by atoms with van der Waals surface area (Å²) in [7, 11) is 1.94. The van der Waals surface area contributed by atoms with Gasteiger partial charge in [-0.25, -0.2) is 0 Å². The molecule has 1 amide bonds. The maximum absolute atomic E-state index is 12.6. The van der Waals surface area contributed by atoms with Crippen LogP contribution in [0.25, 0.3) is 11.4 Å². The van der Waals surface area contributed by atoms with Gasteiger partial charge in [-0.3, -0.25) is 4.79 Å². The van der Waals surface area contributed by atoms with E-state index in [1.54, 1.807) is 6.33 Å². The molecule has 8 nitrogen and oxygen atoms in total. The molecular formula is C19H22N6O2. The smallest absolute Gasteiger partial charge is 0.227 e. The molecule has 8 heteroatoms. The van der Waals surface area contributed by atoms with Crippen molar-refractivity contribution in [2.45, 2.75) is 31.6 Å². The maximum Gasteiger partial charge on any atom is 0.227 e. The lowest BCUT2D eigenvalue weighted by atomic mass is 9.97. The third kappa shape index (κ3) is 3.89. The summed E-state index contributed by atoms with van der Waals surface area (Å²) in [5, 5.41) is 12.2. The van der Waals surface area contributed by atoms with Gasteiger partial charge < -0.3 is 14.0 Å². The van der Waals surface area contributed by atoms with Gasteiger partial charge in [0.2, 0.25) is 17.6 Å². The van der Waals surface area contributed by atoms with Gasteiger partial charge in [-0.05, 0) is 12.8 Å². The van der Waals surface area contributed by atoms with E-state index < -0.39 is 0 Å². The van der Waals surface area contributed by atoms with Gasteiger partial charge in [-0.15, -0.1) is 10.2 Å². The highest BCUT2D eigenvalue weighted by molar-refractivity contribution is 5.76. The first-order chi connectivity index (χ1) is 13.2. The van der Waals surface area contributed by atoms with Crippen molar-refractivity contribution in [1.82, 2.24) is 29.8 Å². The molecular weight excluding hydrogens is 344 g/mol. The van der Waals surface area contributed by atoms with Crippen molar-refractivity contribution in [1.29, 1.82) is 0 Å². The Bertz CT molecular complexity index is 904. The summed E-state index contributed by atoms with van der Waals surface area (Å²) in [6, 6.07) is 9.66. The molecule has 27 heavy (non-hydrogen) atoms. The van der Waals surface area contributed by atoms with Crippen LogP contribution in [0.5, 0.6) is 0 Å². The number of aryl methyl sites for hydroxylation is 2. The zero-order chi connectivity index (χ0) is 18.6. The quantitative estimate of drug-likeness (QED) is 0.688. The molecule has 0 saturated carbocycles. The summed E-state index contributed by atoms with van der Waals surface area (Å²) in [4.78, 5) is 19.0. The third-order valence-electron chi connectivity index (χ3n) is 4.94. The van der Waals surface area contributed by atoms with E-state index in [0.29, 0.717) is 31.1 Å². The minimum Gasteiger partial charge on any atom is -0.342 e. The third-order valence-corrected chi connectivity index (χ3v) is 4.94. The molecule has 140 valence electrons. The van der Waals surface area contributed by atoms with Crippen LogP contribution >= 0.6 is 0 Å². The Balaban J connectivity index is 1.34. The van der Waals surface area contributed by atoms with Gasteiger partial charge in [-0.2, -0.15) is 4.98 Å². The van der Waals surface area contributed by atoms with E-state index in [-0.39, 0.29) is 11.8 Å². The Kier molecular flexibility index (Phi) is 4.95. The van der Waals surface area contributed by atoms with E-state index in [4.69, 9.17) is 4.52 Å². The number of aromatic nitrogens is 5. The zero-order valence-electron chi connectivity index (χ0n) is 15.3. The topological polar surface area (TPSA) is 89.9 Å². The Hall–Kier alpha value is -3.03. The number of piperidine rings is 1. The van der Waals surface area contributed by atoms with Crippen molar-refractivity contribution in [3.8, 4) is 11.4 Å².